The molecule has 4 aromatic carbocycles. The van der Waals surface area contributed by atoms with E-state index in [4.69, 9.17) is 15.9 Å². The fourth-order valence-electron chi connectivity index (χ4n) is 6.11. The first kappa shape index (κ1) is 29.7. The van der Waals surface area contributed by atoms with Gasteiger partial charge in [-0.3, -0.25) is 10.2 Å². The van der Waals surface area contributed by atoms with Gasteiger partial charge in [0, 0.05) is 50.1 Å². The third-order valence-electron chi connectivity index (χ3n) is 8.09. The van der Waals surface area contributed by atoms with Crippen molar-refractivity contribution in [2.45, 2.75) is 27.3 Å². The fraction of sp³-hybridized carbons (Fsp3) is 0.139. The number of hydrogen-bond donors (Lipinski definition) is 4. The molecule has 0 spiro atoms. The van der Waals surface area contributed by atoms with Gasteiger partial charge in [-0.25, -0.2) is 4.79 Å². The fourth-order valence-corrected chi connectivity index (χ4v) is 6.86. The maximum absolute atomic E-state index is 14.1. The highest BCUT2D eigenvalue weighted by atomic mass is 32.1. The van der Waals surface area contributed by atoms with Gasteiger partial charge in [0.2, 0.25) is 0 Å². The summed E-state index contributed by atoms with van der Waals surface area (Å²) >= 11 is 1.51. The second-order valence-electron chi connectivity index (χ2n) is 11.0. The van der Waals surface area contributed by atoms with Crippen molar-refractivity contribution >= 4 is 56.5 Å². The van der Waals surface area contributed by atoms with Gasteiger partial charge in [0.25, 0.3) is 5.91 Å². The molecule has 8 nitrogen and oxygen atoms in total. The van der Waals surface area contributed by atoms with Gasteiger partial charge < -0.3 is 25.5 Å². The molecular formula is C36H32N4O4S. The molecule has 0 fully saturated rings. The average Bonchev–Trinajstić information content (AvgIpc) is 3.66. The van der Waals surface area contributed by atoms with Crippen LogP contribution in [0.2, 0.25) is 0 Å². The number of aromatic carboxylic acids is 1. The first-order valence-corrected chi connectivity index (χ1v) is 15.3. The van der Waals surface area contributed by atoms with E-state index >= 15 is 0 Å². The predicted octanol–water partition coefficient (Wildman–Crippen LogP) is 8.07. The lowest BCUT2D eigenvalue weighted by molar-refractivity contribution is 0.0697. The predicted molar refractivity (Wildman–Crippen MR) is 182 cm³/mol. The third kappa shape index (κ3) is 5.21. The average molecular weight is 617 g/mol. The van der Waals surface area contributed by atoms with E-state index in [2.05, 4.69) is 35.9 Å². The molecule has 5 N–H and O–H groups in total. The summed E-state index contributed by atoms with van der Waals surface area (Å²) in [6.07, 6.45) is 0. The summed E-state index contributed by atoms with van der Waals surface area (Å²) in [5, 5.41) is 24.9. The summed E-state index contributed by atoms with van der Waals surface area (Å²) in [6, 6.07) is 21.9. The third-order valence-corrected chi connectivity index (χ3v) is 9.00. The molecule has 0 saturated carbocycles. The zero-order chi connectivity index (χ0) is 32.0. The Morgan fingerprint density at radius 3 is 2.31 bits per heavy atom. The number of benzene rings is 4. The van der Waals surface area contributed by atoms with E-state index in [0.717, 1.165) is 43.4 Å². The Morgan fingerprint density at radius 1 is 0.956 bits per heavy atom. The number of amides is 1. The van der Waals surface area contributed by atoms with Crippen LogP contribution in [0.1, 0.15) is 44.3 Å². The lowest BCUT2D eigenvalue weighted by Gasteiger charge is -2.18. The molecule has 0 radical (unpaired) electrons. The van der Waals surface area contributed by atoms with Crippen molar-refractivity contribution in [3.63, 3.8) is 0 Å². The Labute approximate surface area is 264 Å². The molecule has 0 saturated heterocycles. The van der Waals surface area contributed by atoms with Gasteiger partial charge in [-0.2, -0.15) is 0 Å². The van der Waals surface area contributed by atoms with E-state index in [1.807, 2.05) is 30.5 Å². The molecule has 0 aliphatic rings. The van der Waals surface area contributed by atoms with E-state index in [9.17, 15) is 14.7 Å². The number of aromatic nitrogens is 1. The maximum Gasteiger partial charge on any atom is 0.336 e. The Morgan fingerprint density at radius 2 is 1.69 bits per heavy atom. The lowest BCUT2D eigenvalue weighted by atomic mass is 9.91. The molecule has 6 rings (SSSR count). The van der Waals surface area contributed by atoms with Gasteiger partial charge in [0.05, 0.1) is 18.2 Å². The minimum Gasteiger partial charge on any atom is -0.496 e. The highest BCUT2D eigenvalue weighted by Gasteiger charge is 2.25. The van der Waals surface area contributed by atoms with Crippen LogP contribution in [0.5, 0.6) is 5.75 Å². The Bertz CT molecular complexity index is 2150. The number of aryl methyl sites for hydroxylation is 3. The number of carbonyl (C=O) groups is 2. The molecule has 2 aromatic heterocycles. The summed E-state index contributed by atoms with van der Waals surface area (Å²) in [5.74, 6) is -1.06. The normalized spacial score (nSPS) is 11.2. The molecule has 0 aliphatic carbocycles. The Balaban J connectivity index is 1.63. The molecule has 0 bridgehead atoms. The molecular weight excluding hydrogens is 584 g/mol. The second kappa shape index (κ2) is 11.6. The minimum absolute atomic E-state index is 0.0719. The van der Waals surface area contributed by atoms with Crippen LogP contribution in [0.15, 0.2) is 78.2 Å². The van der Waals surface area contributed by atoms with E-state index in [-0.39, 0.29) is 11.4 Å². The van der Waals surface area contributed by atoms with E-state index in [1.165, 1.54) is 11.3 Å². The number of amidine groups is 1. The summed E-state index contributed by atoms with van der Waals surface area (Å²) in [6.45, 7) is 6.85. The van der Waals surface area contributed by atoms with E-state index < -0.39 is 11.9 Å². The van der Waals surface area contributed by atoms with Crippen LogP contribution in [-0.2, 0) is 6.54 Å². The molecule has 0 atom stereocenters. The zero-order valence-corrected chi connectivity index (χ0v) is 26.1. The number of thiophene rings is 1. The van der Waals surface area contributed by atoms with Gasteiger partial charge in [0.15, 0.2) is 0 Å². The monoisotopic (exact) mass is 616 g/mol. The van der Waals surface area contributed by atoms with Gasteiger partial charge in [-0.1, -0.05) is 17.7 Å². The summed E-state index contributed by atoms with van der Waals surface area (Å²) < 4.78 is 8.02. The number of carboxylic acid groups (broad SMARTS) is 1. The summed E-state index contributed by atoms with van der Waals surface area (Å²) in [7, 11) is 1.56. The number of methoxy groups -OCH3 is 1. The number of rotatable bonds is 8. The van der Waals surface area contributed by atoms with Crippen LogP contribution >= 0.6 is 11.3 Å². The van der Waals surface area contributed by atoms with Crippen LogP contribution in [0.3, 0.4) is 0 Å². The molecule has 2 heterocycles. The number of carboxylic acids is 1. The first-order valence-electron chi connectivity index (χ1n) is 14.4. The van der Waals surface area contributed by atoms with Crippen molar-refractivity contribution in [3.05, 3.63) is 106 Å². The standard InChI is InChI=1S/C36H32N4O4S/c1-5-40-30-17-23(28(36(42)43)15-25(30)26-14-19(2)13-20(3)33(26)40)24-18-31(44-4)29(32-7-6-12-45-32)16-27(24)35(41)39-22-10-8-21(9-11-22)34(37)38/h6-18H,5H2,1-4H3,(H3,37,38)(H,39,41)(H,42,43). The smallest absolute Gasteiger partial charge is 0.336 e. The van der Waals surface area contributed by atoms with E-state index in [1.54, 1.807) is 49.6 Å². The number of hydrogen-bond acceptors (Lipinski definition) is 5. The number of carbonyl (C=O) groups excluding carboxylic acids is 1. The van der Waals surface area contributed by atoms with Crippen molar-refractivity contribution in [1.82, 2.24) is 4.57 Å². The second-order valence-corrected chi connectivity index (χ2v) is 11.9. The van der Waals surface area contributed by atoms with Crippen molar-refractivity contribution < 1.29 is 19.4 Å². The van der Waals surface area contributed by atoms with Gasteiger partial charge in [-0.15, -0.1) is 11.3 Å². The summed E-state index contributed by atoms with van der Waals surface area (Å²) in [5.41, 5.74) is 12.8. The van der Waals surface area contributed by atoms with Gasteiger partial charge >= 0.3 is 5.97 Å². The Kier molecular flexibility index (Phi) is 7.64. The number of nitrogens with one attached hydrogen (secondary N) is 2. The molecule has 226 valence electrons. The molecule has 45 heavy (non-hydrogen) atoms. The SMILES string of the molecule is CCn1c2cc(-c3cc(OC)c(-c4cccs4)cc3C(=O)Nc3ccc(C(=N)N)cc3)c(C(=O)O)cc2c2cc(C)cc(C)c21. The number of nitrogens with zero attached hydrogens (tertiary/aromatic N) is 1. The molecule has 9 heteroatoms. The number of ether oxygens (including phenoxy) is 1. The van der Waals surface area contributed by atoms with Crippen molar-refractivity contribution in [2.24, 2.45) is 5.73 Å². The molecule has 0 aliphatic heterocycles. The maximum atomic E-state index is 14.1. The number of anilines is 1. The number of nitrogen functional groups attached to an aromatic ring is 1. The molecule has 0 unspecified atom stereocenters. The van der Waals surface area contributed by atoms with Crippen LogP contribution in [0.4, 0.5) is 5.69 Å². The minimum atomic E-state index is -1.10. The van der Waals surface area contributed by atoms with Crippen molar-refractivity contribution in [3.8, 4) is 27.3 Å². The quantitative estimate of drug-likeness (QED) is 0.101. The van der Waals surface area contributed by atoms with Crippen LogP contribution in [-0.4, -0.2) is 34.5 Å². The zero-order valence-electron chi connectivity index (χ0n) is 25.3. The highest BCUT2D eigenvalue weighted by molar-refractivity contribution is 7.13. The Hall–Kier alpha value is -5.41. The van der Waals surface area contributed by atoms with Crippen molar-refractivity contribution in [1.29, 1.82) is 5.41 Å². The number of nitrogens with two attached hydrogens (primary N) is 1. The van der Waals surface area contributed by atoms with Gasteiger partial charge in [0.1, 0.15) is 11.6 Å². The highest BCUT2D eigenvalue weighted by Crippen LogP contribution is 2.42. The van der Waals surface area contributed by atoms with Crippen LogP contribution in [0.25, 0.3) is 43.4 Å². The van der Waals surface area contributed by atoms with E-state index in [0.29, 0.717) is 40.2 Å². The summed E-state index contributed by atoms with van der Waals surface area (Å²) in [4.78, 5) is 27.9. The largest absolute Gasteiger partial charge is 0.496 e. The van der Waals surface area contributed by atoms with Crippen molar-refractivity contribution in [2.75, 3.05) is 12.4 Å². The topological polar surface area (TPSA) is 130 Å². The lowest BCUT2D eigenvalue weighted by Crippen LogP contribution is -2.15. The van der Waals surface area contributed by atoms with Crippen LogP contribution in [0, 0.1) is 19.3 Å². The van der Waals surface area contributed by atoms with Gasteiger partial charge in [-0.05, 0) is 104 Å². The number of fused-ring (bicyclic) bond motifs is 3. The molecule has 6 aromatic rings. The first-order chi connectivity index (χ1) is 21.6. The van der Waals surface area contributed by atoms with Crippen LogP contribution < -0.4 is 15.8 Å². The molecule has 1 amide bonds.